The van der Waals surface area contributed by atoms with Gasteiger partial charge in [0.2, 0.25) is 0 Å². The smallest absolute Gasteiger partial charge is 0.310 e. The van der Waals surface area contributed by atoms with Crippen LogP contribution in [0.25, 0.3) is 10.9 Å². The van der Waals surface area contributed by atoms with Gasteiger partial charge in [-0.15, -0.1) is 0 Å². The molecule has 0 N–H and O–H groups in total. The molecule has 1 aliphatic carbocycles. The van der Waals surface area contributed by atoms with Gasteiger partial charge in [0.15, 0.2) is 5.78 Å². The van der Waals surface area contributed by atoms with E-state index >= 15 is 0 Å². The third kappa shape index (κ3) is 5.64. The van der Waals surface area contributed by atoms with Crippen molar-refractivity contribution in [2.45, 2.75) is 79.7 Å². The van der Waals surface area contributed by atoms with Gasteiger partial charge < -0.3 is 9.30 Å². The molecule has 1 aromatic carbocycles. The third-order valence-electron chi connectivity index (χ3n) is 6.28. The SMILES string of the molecule is CC.CCC1CCC1.CCOC(=O)Cc1c2n(c3c(F)cccc13)CC(=O)C(C(C)=O)C2. The molecular formula is C26H36FNO4. The van der Waals surface area contributed by atoms with Crippen molar-refractivity contribution in [1.82, 2.24) is 4.57 Å². The quantitative estimate of drug-likeness (QED) is 0.454. The van der Waals surface area contributed by atoms with Crippen LogP contribution in [-0.4, -0.2) is 28.7 Å². The predicted molar refractivity (Wildman–Crippen MR) is 124 cm³/mol. The molecule has 6 heteroatoms. The lowest BCUT2D eigenvalue weighted by atomic mass is 9.84. The largest absolute Gasteiger partial charge is 0.466 e. The summed E-state index contributed by atoms with van der Waals surface area (Å²) in [5.74, 6) is -0.904. The molecule has 1 fully saturated rings. The van der Waals surface area contributed by atoms with Gasteiger partial charge in [-0.05, 0) is 31.4 Å². The van der Waals surface area contributed by atoms with Crippen LogP contribution in [0.1, 0.15) is 71.6 Å². The zero-order valence-electron chi connectivity index (χ0n) is 20.0. The molecule has 0 saturated heterocycles. The Balaban J connectivity index is 0.000000387. The maximum atomic E-state index is 14.3. The number of hydrogen-bond acceptors (Lipinski definition) is 4. The van der Waals surface area contributed by atoms with E-state index in [0.717, 1.165) is 5.92 Å². The Morgan fingerprint density at radius 1 is 1.19 bits per heavy atom. The molecule has 32 heavy (non-hydrogen) atoms. The summed E-state index contributed by atoms with van der Waals surface area (Å²) in [5.41, 5.74) is 1.62. The molecule has 1 aliphatic heterocycles. The number of fused-ring (bicyclic) bond motifs is 3. The average molecular weight is 446 g/mol. The highest BCUT2D eigenvalue weighted by molar-refractivity contribution is 6.03. The van der Waals surface area contributed by atoms with Crippen LogP contribution in [0, 0.1) is 17.7 Å². The van der Waals surface area contributed by atoms with Gasteiger partial charge in [0.05, 0.1) is 31.0 Å². The number of ketones is 2. The minimum absolute atomic E-state index is 0.00502. The first kappa shape index (κ1) is 25.8. The molecule has 1 aromatic heterocycles. The fourth-order valence-electron chi connectivity index (χ4n) is 4.29. The summed E-state index contributed by atoms with van der Waals surface area (Å²) in [5, 5.41) is 0.593. The number of nitrogens with zero attached hydrogens (tertiary/aromatic N) is 1. The summed E-state index contributed by atoms with van der Waals surface area (Å²) in [6.07, 6.45) is 6.12. The summed E-state index contributed by atoms with van der Waals surface area (Å²) in [7, 11) is 0. The molecule has 2 heterocycles. The maximum absolute atomic E-state index is 14.3. The monoisotopic (exact) mass is 445 g/mol. The lowest BCUT2D eigenvalue weighted by molar-refractivity contribution is -0.142. The first-order chi connectivity index (χ1) is 15.4. The molecule has 0 radical (unpaired) electrons. The molecule has 0 bridgehead atoms. The second kappa shape index (κ2) is 11.9. The van der Waals surface area contributed by atoms with E-state index in [2.05, 4.69) is 6.92 Å². The summed E-state index contributed by atoms with van der Waals surface area (Å²) in [6.45, 7) is 9.58. The molecule has 1 saturated carbocycles. The summed E-state index contributed by atoms with van der Waals surface area (Å²) in [6, 6.07) is 4.62. The molecule has 1 unspecified atom stereocenters. The number of aromatic nitrogens is 1. The Kier molecular flexibility index (Phi) is 9.60. The van der Waals surface area contributed by atoms with Gasteiger partial charge in [0.25, 0.3) is 0 Å². The zero-order chi connectivity index (χ0) is 23.8. The van der Waals surface area contributed by atoms with E-state index in [1.807, 2.05) is 13.8 Å². The normalized spacial score (nSPS) is 17.3. The van der Waals surface area contributed by atoms with Gasteiger partial charge in [-0.3, -0.25) is 14.4 Å². The number of para-hydroxylation sites is 1. The molecule has 5 nitrogen and oxygen atoms in total. The molecule has 0 amide bonds. The minimum Gasteiger partial charge on any atom is -0.466 e. The van der Waals surface area contributed by atoms with Crippen molar-refractivity contribution < 1.29 is 23.5 Å². The Morgan fingerprint density at radius 3 is 2.38 bits per heavy atom. The van der Waals surface area contributed by atoms with E-state index in [1.165, 1.54) is 38.7 Å². The van der Waals surface area contributed by atoms with Crippen LogP contribution in [0.4, 0.5) is 4.39 Å². The molecule has 176 valence electrons. The molecule has 1 atom stereocenters. The second-order valence-corrected chi connectivity index (χ2v) is 8.17. The second-order valence-electron chi connectivity index (χ2n) is 8.17. The van der Waals surface area contributed by atoms with E-state index in [-0.39, 0.29) is 37.6 Å². The van der Waals surface area contributed by atoms with Gasteiger partial charge >= 0.3 is 5.97 Å². The zero-order valence-corrected chi connectivity index (χ0v) is 20.0. The van der Waals surface area contributed by atoms with Crippen LogP contribution in [0.2, 0.25) is 0 Å². The molecule has 0 spiro atoms. The number of carbonyl (C=O) groups is 3. The topological polar surface area (TPSA) is 65.4 Å². The highest BCUT2D eigenvalue weighted by atomic mass is 19.1. The highest BCUT2D eigenvalue weighted by Crippen LogP contribution is 2.34. The minimum atomic E-state index is -0.731. The van der Waals surface area contributed by atoms with Crippen molar-refractivity contribution >= 4 is 28.4 Å². The van der Waals surface area contributed by atoms with E-state index in [0.29, 0.717) is 22.2 Å². The lowest BCUT2D eigenvalue weighted by Gasteiger charge is -2.23. The van der Waals surface area contributed by atoms with Crippen molar-refractivity contribution in [2.24, 2.45) is 11.8 Å². The van der Waals surface area contributed by atoms with Crippen molar-refractivity contribution in [2.75, 3.05) is 6.61 Å². The fourth-order valence-corrected chi connectivity index (χ4v) is 4.29. The Labute approximate surface area is 190 Å². The van der Waals surface area contributed by atoms with Gasteiger partial charge in [-0.25, -0.2) is 4.39 Å². The average Bonchev–Trinajstić information content (AvgIpc) is 3.02. The predicted octanol–water partition coefficient (Wildman–Crippen LogP) is 5.44. The van der Waals surface area contributed by atoms with Gasteiger partial charge in [-0.2, -0.15) is 0 Å². The first-order valence-electron chi connectivity index (χ1n) is 11.8. The number of esters is 1. The summed E-state index contributed by atoms with van der Waals surface area (Å²) >= 11 is 0. The van der Waals surface area contributed by atoms with E-state index < -0.39 is 17.7 Å². The van der Waals surface area contributed by atoms with Crippen molar-refractivity contribution in [3.63, 3.8) is 0 Å². The van der Waals surface area contributed by atoms with E-state index in [1.54, 1.807) is 23.6 Å². The molecule has 2 aromatic rings. The number of rotatable bonds is 5. The van der Waals surface area contributed by atoms with Crippen LogP contribution >= 0.6 is 0 Å². The van der Waals surface area contributed by atoms with Gasteiger partial charge in [-0.1, -0.05) is 58.6 Å². The number of halogens is 1. The van der Waals surface area contributed by atoms with Crippen LogP contribution in [0.5, 0.6) is 0 Å². The Bertz CT molecular complexity index is 956. The van der Waals surface area contributed by atoms with E-state index in [9.17, 15) is 18.8 Å². The standard InChI is InChI=1S/C18H18FNO4.C6H12.C2H6/c1-3-24-17(23)8-13-11-5-4-6-14(19)18(11)20-9-16(22)12(10(2)21)7-15(13)20;1-2-6-4-3-5-6;1-2/h4-6,12H,3,7-9H2,1-2H3;6H,2-5H2,1H3;1-2H3. The molecular weight excluding hydrogens is 409 g/mol. The number of benzene rings is 1. The highest BCUT2D eigenvalue weighted by Gasteiger charge is 2.34. The molecule has 2 aliphatic rings. The van der Waals surface area contributed by atoms with Crippen molar-refractivity contribution in [3.05, 3.63) is 35.3 Å². The number of carbonyl (C=O) groups excluding carboxylic acids is 3. The van der Waals surface area contributed by atoms with Crippen molar-refractivity contribution in [1.29, 1.82) is 0 Å². The lowest BCUT2D eigenvalue weighted by Crippen LogP contribution is -2.34. The van der Waals surface area contributed by atoms with Crippen LogP contribution < -0.4 is 0 Å². The Hall–Kier alpha value is -2.50. The van der Waals surface area contributed by atoms with Gasteiger partial charge in [0.1, 0.15) is 11.6 Å². The number of Topliss-reactive ketones (excluding diaryl/α,β-unsaturated/α-hetero) is 2. The third-order valence-corrected chi connectivity index (χ3v) is 6.28. The van der Waals surface area contributed by atoms with Crippen molar-refractivity contribution in [3.8, 4) is 0 Å². The number of ether oxygens (including phenoxy) is 1. The molecule has 4 rings (SSSR count). The van der Waals surface area contributed by atoms with Gasteiger partial charge in [0, 0.05) is 17.5 Å². The Morgan fingerprint density at radius 2 is 1.88 bits per heavy atom. The summed E-state index contributed by atoms with van der Waals surface area (Å²) in [4.78, 5) is 35.9. The maximum Gasteiger partial charge on any atom is 0.310 e. The number of hydrogen-bond donors (Lipinski definition) is 0. The van der Waals surface area contributed by atoms with Crippen LogP contribution in [-0.2, 0) is 38.5 Å². The summed E-state index contributed by atoms with van der Waals surface area (Å²) < 4.78 is 20.9. The van der Waals surface area contributed by atoms with E-state index in [4.69, 9.17) is 4.74 Å². The fraction of sp³-hybridized carbons (Fsp3) is 0.577. The van der Waals surface area contributed by atoms with Crippen LogP contribution in [0.3, 0.4) is 0 Å². The first-order valence-corrected chi connectivity index (χ1v) is 11.8. The van der Waals surface area contributed by atoms with Crippen LogP contribution in [0.15, 0.2) is 18.2 Å².